The molecule has 0 radical (unpaired) electrons. The van der Waals surface area contributed by atoms with Crippen LogP contribution in [-0.2, 0) is 73.9 Å². The van der Waals surface area contributed by atoms with E-state index in [2.05, 4.69) is 30.9 Å². The molecule has 328 valence electrons. The number of hydrogen-bond donors (Lipinski definition) is 5. The first kappa shape index (κ1) is 54.1. The number of nitrogens with zero attached hydrogens (tertiary/aromatic N) is 1. The molecular weight excluding hydrogens is 812 g/mol. The van der Waals surface area contributed by atoms with Crippen molar-refractivity contribution in [1.29, 1.82) is 0 Å². The van der Waals surface area contributed by atoms with E-state index in [4.69, 9.17) is 43.4 Å². The van der Waals surface area contributed by atoms with Gasteiger partial charge in [-0.05, 0) is 59.4 Å². The maximum absolute atomic E-state index is 11.4. The summed E-state index contributed by atoms with van der Waals surface area (Å²) in [7, 11) is 6.04. The molecule has 17 heteroatoms. The zero-order valence-corrected chi connectivity index (χ0v) is 35.8. The topological polar surface area (TPSA) is 204 Å². The number of aliphatic hydroxyl groups excluding tert-OH is 4. The van der Waals surface area contributed by atoms with Crippen LogP contribution in [0.15, 0.2) is 36.4 Å². The van der Waals surface area contributed by atoms with Crippen LogP contribution in [0.1, 0.15) is 47.9 Å². The van der Waals surface area contributed by atoms with Crippen LogP contribution in [0.25, 0.3) is 0 Å². The Morgan fingerprint density at radius 2 is 0.982 bits per heavy atom. The predicted molar refractivity (Wildman–Crippen MR) is 221 cm³/mol. The summed E-state index contributed by atoms with van der Waals surface area (Å²) in [5, 5.41) is 41.3. The lowest BCUT2D eigenvalue weighted by atomic mass is 10.1. The molecule has 57 heavy (non-hydrogen) atoms. The summed E-state index contributed by atoms with van der Waals surface area (Å²) in [6, 6.07) is 11.0. The second kappa shape index (κ2) is 38.6. The van der Waals surface area contributed by atoms with Crippen LogP contribution in [-0.4, -0.2) is 152 Å². The van der Waals surface area contributed by atoms with Crippen molar-refractivity contribution in [3.63, 3.8) is 0 Å². The van der Waals surface area contributed by atoms with Crippen molar-refractivity contribution in [2.45, 2.75) is 52.1 Å². The van der Waals surface area contributed by atoms with Crippen molar-refractivity contribution in [1.82, 2.24) is 0 Å². The van der Waals surface area contributed by atoms with Gasteiger partial charge in [0.15, 0.2) is 0 Å². The van der Waals surface area contributed by atoms with E-state index >= 15 is 0 Å². The molecule has 0 aliphatic heterocycles. The molecule has 0 saturated heterocycles. The van der Waals surface area contributed by atoms with Crippen molar-refractivity contribution in [3.05, 3.63) is 58.7 Å². The van der Waals surface area contributed by atoms with Crippen LogP contribution in [0, 0.1) is 0 Å². The average Bonchev–Trinajstić information content (AvgIpc) is 3.25. The second-order valence-electron chi connectivity index (χ2n) is 12.1. The van der Waals surface area contributed by atoms with E-state index in [0.717, 1.165) is 45.4 Å². The van der Waals surface area contributed by atoms with Crippen molar-refractivity contribution < 1.29 is 67.9 Å². The van der Waals surface area contributed by atoms with Gasteiger partial charge in [0, 0.05) is 63.4 Å². The molecular formula is C40H67BrN2O14. The van der Waals surface area contributed by atoms with Gasteiger partial charge in [-0.15, -0.1) is 0 Å². The number of alkyl halides is 1. The molecule has 0 aliphatic carbocycles. The minimum absolute atomic E-state index is 0.0438. The highest BCUT2D eigenvalue weighted by atomic mass is 79.9. The number of nitrogens with one attached hydrogen (secondary N) is 1. The Hall–Kier alpha value is -2.94. The summed E-state index contributed by atoms with van der Waals surface area (Å²) in [5.74, 6) is -0.381. The van der Waals surface area contributed by atoms with Crippen molar-refractivity contribution >= 4 is 39.2 Å². The molecule has 0 heterocycles. The van der Waals surface area contributed by atoms with Gasteiger partial charge in [-0.1, -0.05) is 28.1 Å². The molecule has 0 unspecified atom stereocenters. The predicted octanol–water partition coefficient (Wildman–Crippen LogP) is 3.21. The molecule has 0 aromatic heterocycles. The van der Waals surface area contributed by atoms with Gasteiger partial charge in [-0.2, -0.15) is 0 Å². The molecule has 2 aromatic carbocycles. The Morgan fingerprint density at radius 1 is 0.561 bits per heavy atom. The SMILES string of the molecule is COC(=O)CCCBr.COCCOCCOCCN(CCCC(=O)OC)c1cc(CO)cc(CO)c1.COCCOCCOCCNc1cc(CO)cc(CO)c1. The van der Waals surface area contributed by atoms with Crippen LogP contribution in [0.4, 0.5) is 11.4 Å². The zero-order valence-electron chi connectivity index (χ0n) is 34.2. The third-order valence-electron chi connectivity index (χ3n) is 7.65. The Kier molecular flexibility index (Phi) is 36.6. The van der Waals surface area contributed by atoms with Gasteiger partial charge in [0.1, 0.15) is 0 Å². The Morgan fingerprint density at radius 3 is 1.42 bits per heavy atom. The summed E-state index contributed by atoms with van der Waals surface area (Å²) < 4.78 is 40.5. The normalized spacial score (nSPS) is 10.5. The number of aliphatic hydroxyl groups is 4. The Balaban J connectivity index is 0.000000947. The number of benzene rings is 2. The standard InChI is InChI=1S/C20H33NO7.C15H25NO5.C5H9BrO2/c1-25-8-9-28-11-10-27-7-6-21(5-3-4-20(24)26-2)19-13-17(15-22)12-18(14-19)16-23;1-19-4-5-21-7-6-20-3-2-16-15-9-13(11-17)8-14(10-15)12-18;1-8-5(7)3-2-4-6/h12-14,22-23H,3-11,15-16H2,1-2H3;8-10,16-18H,2-7,11-12H2,1H3;2-4H2,1H3. The van der Waals surface area contributed by atoms with Crippen molar-refractivity contribution in [2.75, 3.05) is 130 Å². The Labute approximate surface area is 346 Å². The molecule has 0 bridgehead atoms. The molecule has 5 N–H and O–H groups in total. The lowest BCUT2D eigenvalue weighted by Gasteiger charge is -2.26. The lowest BCUT2D eigenvalue weighted by Crippen LogP contribution is -2.29. The van der Waals surface area contributed by atoms with Crippen LogP contribution >= 0.6 is 15.9 Å². The van der Waals surface area contributed by atoms with Crippen LogP contribution in [0.3, 0.4) is 0 Å². The first-order valence-electron chi connectivity index (χ1n) is 18.9. The van der Waals surface area contributed by atoms with E-state index in [-0.39, 0.29) is 38.4 Å². The van der Waals surface area contributed by atoms with E-state index in [0.29, 0.717) is 105 Å². The number of esters is 2. The van der Waals surface area contributed by atoms with Crippen LogP contribution < -0.4 is 10.2 Å². The van der Waals surface area contributed by atoms with Gasteiger partial charge in [0.25, 0.3) is 0 Å². The molecule has 0 atom stereocenters. The van der Waals surface area contributed by atoms with E-state index in [1.807, 2.05) is 24.3 Å². The van der Waals surface area contributed by atoms with Crippen LogP contribution in [0.5, 0.6) is 0 Å². The highest BCUT2D eigenvalue weighted by Crippen LogP contribution is 2.21. The maximum atomic E-state index is 11.4. The third-order valence-corrected chi connectivity index (χ3v) is 8.21. The summed E-state index contributed by atoms with van der Waals surface area (Å²) in [6.07, 6.45) is 2.33. The second-order valence-corrected chi connectivity index (χ2v) is 12.9. The summed E-state index contributed by atoms with van der Waals surface area (Å²) >= 11 is 3.20. The van der Waals surface area contributed by atoms with E-state index in [9.17, 15) is 19.8 Å². The number of methoxy groups -OCH3 is 4. The Bertz CT molecular complexity index is 1230. The fourth-order valence-corrected chi connectivity index (χ4v) is 5.01. The number of hydrogen-bond acceptors (Lipinski definition) is 16. The smallest absolute Gasteiger partial charge is 0.305 e. The number of halogens is 1. The largest absolute Gasteiger partial charge is 0.469 e. The first-order chi connectivity index (χ1) is 27.7. The lowest BCUT2D eigenvalue weighted by molar-refractivity contribution is -0.141. The number of ether oxygens (including phenoxy) is 8. The van der Waals surface area contributed by atoms with E-state index in [1.54, 1.807) is 26.4 Å². The minimum atomic E-state index is -0.246. The van der Waals surface area contributed by atoms with Crippen molar-refractivity contribution in [2.24, 2.45) is 0 Å². The van der Waals surface area contributed by atoms with Gasteiger partial charge in [0.2, 0.25) is 0 Å². The molecule has 0 fully saturated rings. The highest BCUT2D eigenvalue weighted by Gasteiger charge is 2.11. The quantitative estimate of drug-likeness (QED) is 0.0419. The molecule has 2 aromatic rings. The van der Waals surface area contributed by atoms with E-state index < -0.39 is 0 Å². The molecule has 0 aliphatic rings. The van der Waals surface area contributed by atoms with Crippen molar-refractivity contribution in [3.8, 4) is 0 Å². The van der Waals surface area contributed by atoms with Gasteiger partial charge in [0.05, 0.1) is 107 Å². The van der Waals surface area contributed by atoms with Gasteiger partial charge in [-0.3, -0.25) is 9.59 Å². The first-order valence-corrected chi connectivity index (χ1v) is 20.0. The number of carbonyl (C=O) groups excluding carboxylic acids is 2. The van der Waals surface area contributed by atoms with Gasteiger partial charge in [-0.25, -0.2) is 0 Å². The number of anilines is 2. The summed E-state index contributed by atoms with van der Waals surface area (Å²) in [6.45, 7) is 6.99. The summed E-state index contributed by atoms with van der Waals surface area (Å²) in [4.78, 5) is 23.8. The fourth-order valence-electron chi connectivity index (χ4n) is 4.73. The van der Waals surface area contributed by atoms with E-state index in [1.165, 1.54) is 14.2 Å². The minimum Gasteiger partial charge on any atom is -0.469 e. The number of carbonyl (C=O) groups is 2. The summed E-state index contributed by atoms with van der Waals surface area (Å²) in [5.41, 5.74) is 4.75. The molecule has 0 amide bonds. The van der Waals surface area contributed by atoms with Crippen LogP contribution in [0.2, 0.25) is 0 Å². The third kappa shape index (κ3) is 29.9. The fraction of sp³-hybridized carbons (Fsp3) is 0.650. The van der Waals surface area contributed by atoms with Gasteiger partial charge >= 0.3 is 11.9 Å². The zero-order chi connectivity index (χ0) is 42.4. The number of rotatable bonds is 31. The monoisotopic (exact) mass is 878 g/mol. The maximum Gasteiger partial charge on any atom is 0.305 e. The highest BCUT2D eigenvalue weighted by molar-refractivity contribution is 9.09. The average molecular weight is 880 g/mol. The van der Waals surface area contributed by atoms with Gasteiger partial charge < -0.3 is 68.5 Å². The molecule has 0 spiro atoms. The molecule has 2 rings (SSSR count). The molecule has 16 nitrogen and oxygen atoms in total. The molecule has 0 saturated carbocycles.